The first-order chi connectivity index (χ1) is 15.4. The Morgan fingerprint density at radius 3 is 2.34 bits per heavy atom. The highest BCUT2D eigenvalue weighted by Crippen LogP contribution is 2.53. The van der Waals surface area contributed by atoms with Gasteiger partial charge in [-0.05, 0) is 53.3 Å². The first-order valence-corrected chi connectivity index (χ1v) is 10.4. The van der Waals surface area contributed by atoms with Crippen LogP contribution >= 0.6 is 0 Å². The monoisotopic (exact) mass is 431 g/mol. The summed E-state index contributed by atoms with van der Waals surface area (Å²) < 4.78 is 11.0. The number of carboxylic acid groups (broad SMARTS) is 1. The molecule has 0 aromatic heterocycles. The molecule has 2 N–H and O–H groups in total. The van der Waals surface area contributed by atoms with Gasteiger partial charge >= 0.3 is 5.97 Å². The van der Waals surface area contributed by atoms with Crippen molar-refractivity contribution in [1.29, 1.82) is 0 Å². The van der Waals surface area contributed by atoms with Crippen molar-refractivity contribution < 1.29 is 24.2 Å². The van der Waals surface area contributed by atoms with E-state index in [2.05, 4.69) is 11.4 Å². The lowest BCUT2D eigenvalue weighted by atomic mass is 9.81. The summed E-state index contributed by atoms with van der Waals surface area (Å²) in [4.78, 5) is 23.9. The second-order valence-corrected chi connectivity index (χ2v) is 7.85. The Labute approximate surface area is 186 Å². The lowest BCUT2D eigenvalue weighted by Crippen LogP contribution is -2.45. The molecule has 164 valence electrons. The molecule has 0 radical (unpaired) electrons. The minimum absolute atomic E-state index is 0.117. The Kier molecular flexibility index (Phi) is 5.61. The van der Waals surface area contributed by atoms with Crippen molar-refractivity contribution >= 4 is 11.9 Å². The number of nitrogens with one attached hydrogen (secondary N) is 1. The third kappa shape index (κ3) is 3.47. The molecule has 32 heavy (non-hydrogen) atoms. The van der Waals surface area contributed by atoms with Crippen LogP contribution < -0.4 is 14.8 Å². The summed E-state index contributed by atoms with van der Waals surface area (Å²) >= 11 is 0. The largest absolute Gasteiger partial charge is 0.496 e. The van der Waals surface area contributed by atoms with E-state index in [1.54, 1.807) is 25.3 Å². The quantitative estimate of drug-likeness (QED) is 0.579. The van der Waals surface area contributed by atoms with E-state index in [0.717, 1.165) is 27.8 Å². The van der Waals surface area contributed by atoms with Crippen LogP contribution in [0.3, 0.4) is 0 Å². The van der Waals surface area contributed by atoms with Gasteiger partial charge in [-0.1, -0.05) is 42.5 Å². The SMILES string of the molecule is COc1cc(CCC2(NC(C)=O)c3ccccc3-c3cccc(OC)c32)ccc1C(=O)O. The lowest BCUT2D eigenvalue weighted by Gasteiger charge is -2.34. The van der Waals surface area contributed by atoms with Crippen molar-refractivity contribution in [3.8, 4) is 22.6 Å². The second-order valence-electron chi connectivity index (χ2n) is 7.85. The number of carbonyl (C=O) groups excluding carboxylic acids is 1. The van der Waals surface area contributed by atoms with Gasteiger partial charge in [-0.25, -0.2) is 4.79 Å². The van der Waals surface area contributed by atoms with Crippen molar-refractivity contribution in [3.63, 3.8) is 0 Å². The molecule has 0 saturated heterocycles. The predicted molar refractivity (Wildman–Crippen MR) is 121 cm³/mol. The highest BCUT2D eigenvalue weighted by atomic mass is 16.5. The third-order valence-electron chi connectivity index (χ3n) is 6.02. The Bertz CT molecular complexity index is 1200. The van der Waals surface area contributed by atoms with Gasteiger partial charge in [0.05, 0.1) is 19.8 Å². The molecule has 0 aliphatic heterocycles. The van der Waals surface area contributed by atoms with E-state index in [1.807, 2.05) is 36.4 Å². The molecule has 1 atom stereocenters. The number of carbonyl (C=O) groups is 2. The molecule has 0 saturated carbocycles. The number of amides is 1. The van der Waals surface area contributed by atoms with Gasteiger partial charge in [0.2, 0.25) is 5.91 Å². The lowest BCUT2D eigenvalue weighted by molar-refractivity contribution is -0.120. The molecule has 6 nitrogen and oxygen atoms in total. The molecule has 1 unspecified atom stereocenters. The van der Waals surface area contributed by atoms with E-state index in [-0.39, 0.29) is 11.5 Å². The number of aromatic carboxylic acids is 1. The number of ether oxygens (including phenoxy) is 2. The average Bonchev–Trinajstić information content (AvgIpc) is 3.07. The van der Waals surface area contributed by atoms with Gasteiger partial charge in [0, 0.05) is 12.5 Å². The zero-order valence-electron chi connectivity index (χ0n) is 18.3. The van der Waals surface area contributed by atoms with Crippen molar-refractivity contribution in [2.45, 2.75) is 25.3 Å². The number of aryl methyl sites for hydroxylation is 1. The molecular formula is C26H25NO5. The van der Waals surface area contributed by atoms with Gasteiger partial charge in [0.25, 0.3) is 0 Å². The minimum Gasteiger partial charge on any atom is -0.496 e. The van der Waals surface area contributed by atoms with E-state index in [1.165, 1.54) is 14.0 Å². The molecule has 0 bridgehead atoms. The van der Waals surface area contributed by atoms with Crippen LogP contribution in [0, 0.1) is 0 Å². The first-order valence-electron chi connectivity index (χ1n) is 10.4. The fourth-order valence-corrected chi connectivity index (χ4v) is 4.74. The molecule has 1 aliphatic rings. The molecular weight excluding hydrogens is 406 g/mol. The second kappa shape index (κ2) is 8.38. The summed E-state index contributed by atoms with van der Waals surface area (Å²) in [6, 6.07) is 19.1. The fourth-order valence-electron chi connectivity index (χ4n) is 4.74. The van der Waals surface area contributed by atoms with Gasteiger partial charge < -0.3 is 19.9 Å². The van der Waals surface area contributed by atoms with Crippen LogP contribution in [-0.4, -0.2) is 31.2 Å². The van der Waals surface area contributed by atoms with Gasteiger partial charge in [0.15, 0.2) is 0 Å². The molecule has 6 heteroatoms. The average molecular weight is 431 g/mol. The Morgan fingerprint density at radius 1 is 0.938 bits per heavy atom. The summed E-state index contributed by atoms with van der Waals surface area (Å²) in [5.41, 5.74) is 4.31. The molecule has 1 amide bonds. The van der Waals surface area contributed by atoms with Crippen molar-refractivity contribution in [2.24, 2.45) is 0 Å². The molecule has 4 rings (SSSR count). The zero-order chi connectivity index (χ0) is 22.9. The van der Waals surface area contributed by atoms with E-state index in [0.29, 0.717) is 24.3 Å². The number of benzene rings is 3. The molecule has 1 aliphatic carbocycles. The maximum Gasteiger partial charge on any atom is 0.339 e. The smallest absolute Gasteiger partial charge is 0.339 e. The molecule has 0 fully saturated rings. The van der Waals surface area contributed by atoms with Gasteiger partial charge in [-0.2, -0.15) is 0 Å². The summed E-state index contributed by atoms with van der Waals surface area (Å²) in [5.74, 6) is -0.150. The fraction of sp³-hybridized carbons (Fsp3) is 0.231. The molecule has 3 aromatic rings. The van der Waals surface area contributed by atoms with Crippen LogP contribution in [0.2, 0.25) is 0 Å². The van der Waals surface area contributed by atoms with Crippen LogP contribution in [0.25, 0.3) is 11.1 Å². The molecule has 0 spiro atoms. The highest BCUT2D eigenvalue weighted by Gasteiger charge is 2.45. The minimum atomic E-state index is -1.04. The van der Waals surface area contributed by atoms with Crippen molar-refractivity contribution in [2.75, 3.05) is 14.2 Å². The van der Waals surface area contributed by atoms with E-state index >= 15 is 0 Å². The van der Waals surface area contributed by atoms with Crippen molar-refractivity contribution in [1.82, 2.24) is 5.32 Å². The zero-order valence-corrected chi connectivity index (χ0v) is 18.3. The Balaban J connectivity index is 1.83. The normalized spacial score (nSPS) is 16.1. The van der Waals surface area contributed by atoms with Crippen LogP contribution in [0.4, 0.5) is 0 Å². The van der Waals surface area contributed by atoms with Gasteiger partial charge in [-0.15, -0.1) is 0 Å². The summed E-state index contributed by atoms with van der Waals surface area (Å²) in [5, 5.41) is 12.6. The topological polar surface area (TPSA) is 84.9 Å². The van der Waals surface area contributed by atoms with Crippen LogP contribution in [0.5, 0.6) is 11.5 Å². The maximum absolute atomic E-state index is 12.4. The third-order valence-corrected chi connectivity index (χ3v) is 6.02. The number of carboxylic acids is 1. The van der Waals surface area contributed by atoms with E-state index in [9.17, 15) is 14.7 Å². The van der Waals surface area contributed by atoms with Crippen LogP contribution in [0.15, 0.2) is 60.7 Å². The first kappa shape index (κ1) is 21.4. The van der Waals surface area contributed by atoms with Crippen LogP contribution in [0.1, 0.15) is 40.4 Å². The molecule has 0 heterocycles. The van der Waals surface area contributed by atoms with E-state index < -0.39 is 11.5 Å². The maximum atomic E-state index is 12.4. The van der Waals surface area contributed by atoms with E-state index in [4.69, 9.17) is 9.47 Å². The summed E-state index contributed by atoms with van der Waals surface area (Å²) in [6.45, 7) is 1.52. The number of fused-ring (bicyclic) bond motifs is 3. The van der Waals surface area contributed by atoms with Gasteiger partial charge in [-0.3, -0.25) is 4.79 Å². The summed E-state index contributed by atoms with van der Waals surface area (Å²) in [6.07, 6.45) is 1.15. The molecule has 3 aromatic carbocycles. The number of methoxy groups -OCH3 is 2. The Morgan fingerprint density at radius 2 is 1.66 bits per heavy atom. The van der Waals surface area contributed by atoms with Crippen molar-refractivity contribution in [3.05, 3.63) is 82.9 Å². The number of hydrogen-bond acceptors (Lipinski definition) is 4. The Hall–Kier alpha value is -3.80. The van der Waals surface area contributed by atoms with Crippen LogP contribution in [-0.2, 0) is 16.8 Å². The van der Waals surface area contributed by atoms with Gasteiger partial charge in [0.1, 0.15) is 17.1 Å². The summed E-state index contributed by atoms with van der Waals surface area (Å²) in [7, 11) is 3.09. The highest BCUT2D eigenvalue weighted by molar-refractivity contribution is 5.91. The number of rotatable bonds is 7. The predicted octanol–water partition coefficient (Wildman–Crippen LogP) is 4.39. The standard InChI is InChI=1S/C26H25NO5/c1-16(28)27-26(14-13-17-11-12-20(25(29)30)23(15-17)32-3)21-9-5-4-7-18(21)19-8-6-10-22(31-2)24(19)26/h4-12,15H,13-14H2,1-3H3,(H,27,28)(H,29,30). The number of hydrogen-bond donors (Lipinski definition) is 2.